The predicted octanol–water partition coefficient (Wildman–Crippen LogP) is 2.46. The second-order valence-corrected chi connectivity index (χ2v) is 7.29. The fourth-order valence-electron chi connectivity index (χ4n) is 3.30. The Bertz CT molecular complexity index is 757. The van der Waals surface area contributed by atoms with Crippen LogP contribution in [-0.2, 0) is 16.1 Å². The van der Waals surface area contributed by atoms with Crippen molar-refractivity contribution in [2.45, 2.75) is 38.8 Å². The molecule has 0 bridgehead atoms. The lowest BCUT2D eigenvalue weighted by atomic mass is 10.0. The van der Waals surface area contributed by atoms with Crippen LogP contribution in [0.15, 0.2) is 29.9 Å². The van der Waals surface area contributed by atoms with Gasteiger partial charge in [-0.1, -0.05) is 18.2 Å². The summed E-state index contributed by atoms with van der Waals surface area (Å²) >= 11 is 0. The molecule has 1 fully saturated rings. The minimum atomic E-state index is -0.265. The number of allylic oxidation sites excluding steroid dienone is 2. The molecule has 5 N–H and O–H groups in total. The highest BCUT2D eigenvalue weighted by Crippen LogP contribution is 2.23. The van der Waals surface area contributed by atoms with Crippen molar-refractivity contribution in [3.8, 4) is 0 Å². The Labute approximate surface area is 178 Å². The summed E-state index contributed by atoms with van der Waals surface area (Å²) < 4.78 is 5.31. The van der Waals surface area contributed by atoms with E-state index in [1.165, 1.54) is 24.6 Å². The Morgan fingerprint density at radius 3 is 2.83 bits per heavy atom. The van der Waals surface area contributed by atoms with Gasteiger partial charge in [-0.3, -0.25) is 4.79 Å². The molecule has 164 valence electrons. The zero-order chi connectivity index (χ0) is 21.8. The second kappa shape index (κ2) is 12.9. The molecule has 2 aliphatic rings. The number of likely N-dealkylation sites (N-methyl/N-ethyl adjacent to an activating group) is 1. The van der Waals surface area contributed by atoms with Gasteiger partial charge in [-0.2, -0.15) is 0 Å². The first-order chi connectivity index (χ1) is 14.6. The van der Waals surface area contributed by atoms with Gasteiger partial charge in [0.15, 0.2) is 0 Å². The van der Waals surface area contributed by atoms with Crippen LogP contribution in [-0.4, -0.2) is 55.6 Å². The van der Waals surface area contributed by atoms with Gasteiger partial charge in [0.25, 0.3) is 0 Å². The van der Waals surface area contributed by atoms with Crippen molar-refractivity contribution in [2.75, 3.05) is 37.4 Å². The summed E-state index contributed by atoms with van der Waals surface area (Å²) in [6.07, 6.45) is 11.9. The average Bonchev–Trinajstić information content (AvgIpc) is 3.32. The standard InChI is InChI=1S/C13H18N4O3.C9H15N/c14-4-10-3-12(16-8-19)17-11(6-18)13(10)15-5-9-1-2-20-7-9;1-8(10-2)9-6-4-3-5-7-9/h3-4,8-9,14-15,18H,1-2,5-7H2,(H,16,17,19);4,6-8,10H,3,5H2,1-2H3/t;8-/m.1/s1. The van der Waals surface area contributed by atoms with Gasteiger partial charge in [-0.15, -0.1) is 0 Å². The largest absolute Gasteiger partial charge is 0.390 e. The van der Waals surface area contributed by atoms with Crippen LogP contribution >= 0.6 is 0 Å². The molecule has 1 amide bonds. The Morgan fingerprint density at radius 1 is 1.43 bits per heavy atom. The van der Waals surface area contributed by atoms with Crippen LogP contribution in [0.25, 0.3) is 0 Å². The van der Waals surface area contributed by atoms with Gasteiger partial charge in [-0.05, 0) is 44.9 Å². The van der Waals surface area contributed by atoms with E-state index in [4.69, 9.17) is 10.1 Å². The van der Waals surface area contributed by atoms with Crippen LogP contribution in [0.2, 0.25) is 0 Å². The minimum absolute atomic E-state index is 0.265. The minimum Gasteiger partial charge on any atom is -0.390 e. The van der Waals surface area contributed by atoms with Crippen LogP contribution in [0.3, 0.4) is 0 Å². The lowest BCUT2D eigenvalue weighted by Gasteiger charge is -2.16. The van der Waals surface area contributed by atoms with Crippen LogP contribution in [0.5, 0.6) is 0 Å². The molecule has 30 heavy (non-hydrogen) atoms. The van der Waals surface area contributed by atoms with Gasteiger partial charge >= 0.3 is 0 Å². The SMILES string of the molecule is CN[C@H](C)C1=CCCC=C1.N=Cc1cc(NC=O)nc(CO)c1NCC1CCOC1. The molecule has 2 heterocycles. The number of carbonyl (C=O) groups excluding carboxylic acids is 1. The zero-order valence-electron chi connectivity index (χ0n) is 17.8. The maximum Gasteiger partial charge on any atom is 0.212 e. The van der Waals surface area contributed by atoms with Gasteiger partial charge in [-0.25, -0.2) is 4.98 Å². The molecule has 1 aliphatic heterocycles. The van der Waals surface area contributed by atoms with E-state index < -0.39 is 0 Å². The summed E-state index contributed by atoms with van der Waals surface area (Å²) in [5, 5.41) is 25.7. The molecular weight excluding hydrogens is 382 g/mol. The highest BCUT2D eigenvalue weighted by atomic mass is 16.5. The number of amides is 1. The first-order valence-corrected chi connectivity index (χ1v) is 10.3. The van der Waals surface area contributed by atoms with Crippen LogP contribution < -0.4 is 16.0 Å². The Morgan fingerprint density at radius 2 is 2.27 bits per heavy atom. The van der Waals surface area contributed by atoms with E-state index in [0.29, 0.717) is 47.7 Å². The Kier molecular flexibility index (Phi) is 10.2. The van der Waals surface area contributed by atoms with Gasteiger partial charge in [0.05, 0.1) is 24.6 Å². The topological polar surface area (TPSA) is 119 Å². The molecular formula is C22H33N5O3. The summed E-state index contributed by atoms with van der Waals surface area (Å²) in [5.74, 6) is 0.741. The van der Waals surface area contributed by atoms with Gasteiger partial charge in [0.1, 0.15) is 5.82 Å². The smallest absolute Gasteiger partial charge is 0.212 e. The Balaban J connectivity index is 0.000000269. The lowest BCUT2D eigenvalue weighted by Crippen LogP contribution is -2.23. The third kappa shape index (κ3) is 7.05. The Hall–Kier alpha value is -2.55. The van der Waals surface area contributed by atoms with Gasteiger partial charge in [0.2, 0.25) is 6.41 Å². The number of hydrogen-bond acceptors (Lipinski definition) is 7. The summed E-state index contributed by atoms with van der Waals surface area (Å²) in [5.41, 5.74) is 3.04. The van der Waals surface area contributed by atoms with Crippen molar-refractivity contribution in [3.63, 3.8) is 0 Å². The molecule has 3 rings (SSSR count). The van der Waals surface area contributed by atoms with E-state index >= 15 is 0 Å². The summed E-state index contributed by atoms with van der Waals surface area (Å²) in [4.78, 5) is 14.6. The van der Waals surface area contributed by atoms with Gasteiger partial charge < -0.3 is 31.2 Å². The monoisotopic (exact) mass is 415 g/mol. The summed E-state index contributed by atoms with van der Waals surface area (Å²) in [6, 6.07) is 2.10. The van der Waals surface area contributed by atoms with Crippen molar-refractivity contribution in [3.05, 3.63) is 41.1 Å². The van der Waals surface area contributed by atoms with Crippen LogP contribution in [0.4, 0.5) is 11.5 Å². The normalized spacial score (nSPS) is 18.6. The molecule has 1 aromatic rings. The molecule has 0 aromatic carbocycles. The van der Waals surface area contributed by atoms with E-state index in [-0.39, 0.29) is 6.61 Å². The first-order valence-electron chi connectivity index (χ1n) is 10.3. The van der Waals surface area contributed by atoms with Crippen molar-refractivity contribution < 1.29 is 14.6 Å². The second-order valence-electron chi connectivity index (χ2n) is 7.29. The fraction of sp³-hybridized carbons (Fsp3) is 0.500. The van der Waals surface area contributed by atoms with E-state index in [1.807, 2.05) is 7.05 Å². The van der Waals surface area contributed by atoms with Crippen molar-refractivity contribution in [1.29, 1.82) is 5.41 Å². The molecule has 1 aromatic heterocycles. The number of ether oxygens (including phenoxy) is 1. The molecule has 1 aliphatic carbocycles. The lowest BCUT2D eigenvalue weighted by molar-refractivity contribution is -0.105. The first kappa shape index (κ1) is 23.7. The molecule has 2 atom stereocenters. The molecule has 0 spiro atoms. The highest BCUT2D eigenvalue weighted by molar-refractivity contribution is 5.89. The number of nitrogens with zero attached hydrogens (tertiary/aromatic N) is 1. The third-order valence-corrected chi connectivity index (χ3v) is 5.19. The van der Waals surface area contributed by atoms with Gasteiger partial charge in [0, 0.05) is 36.9 Å². The number of hydrogen-bond donors (Lipinski definition) is 5. The molecule has 1 saturated heterocycles. The van der Waals surface area contributed by atoms with E-state index in [2.05, 4.69) is 46.1 Å². The van der Waals surface area contributed by atoms with Crippen molar-refractivity contribution in [1.82, 2.24) is 10.3 Å². The number of rotatable bonds is 9. The molecule has 8 nitrogen and oxygen atoms in total. The number of carbonyl (C=O) groups is 1. The van der Waals surface area contributed by atoms with E-state index in [1.54, 1.807) is 6.07 Å². The number of anilines is 2. The quantitative estimate of drug-likeness (QED) is 0.312. The highest BCUT2D eigenvalue weighted by Gasteiger charge is 2.17. The predicted molar refractivity (Wildman–Crippen MR) is 120 cm³/mol. The number of nitrogens with one attached hydrogen (secondary N) is 4. The number of pyridine rings is 1. The summed E-state index contributed by atoms with van der Waals surface area (Å²) in [7, 11) is 1.99. The number of aromatic nitrogens is 1. The van der Waals surface area contributed by atoms with E-state index in [0.717, 1.165) is 19.6 Å². The van der Waals surface area contributed by atoms with Crippen LogP contribution in [0, 0.1) is 11.3 Å². The van der Waals surface area contributed by atoms with Crippen molar-refractivity contribution >= 4 is 24.1 Å². The molecule has 0 saturated carbocycles. The van der Waals surface area contributed by atoms with Crippen LogP contribution in [0.1, 0.15) is 37.4 Å². The maximum absolute atomic E-state index is 10.5. The fourth-order valence-corrected chi connectivity index (χ4v) is 3.30. The maximum atomic E-state index is 10.5. The molecule has 8 heteroatoms. The average molecular weight is 416 g/mol. The number of aliphatic hydroxyl groups excluding tert-OH is 1. The zero-order valence-corrected chi connectivity index (χ0v) is 17.8. The third-order valence-electron chi connectivity index (χ3n) is 5.19. The van der Waals surface area contributed by atoms with E-state index in [9.17, 15) is 9.90 Å². The molecule has 1 unspecified atom stereocenters. The number of aliphatic hydroxyl groups is 1. The molecule has 0 radical (unpaired) electrons. The summed E-state index contributed by atoms with van der Waals surface area (Å²) in [6.45, 7) is 4.12. The van der Waals surface area contributed by atoms with Crippen molar-refractivity contribution in [2.24, 2.45) is 5.92 Å².